The van der Waals surface area contributed by atoms with E-state index in [1.165, 1.54) is 0 Å². The van der Waals surface area contributed by atoms with Gasteiger partial charge in [0.1, 0.15) is 12.4 Å². The minimum absolute atomic E-state index is 0.0162. The van der Waals surface area contributed by atoms with Crippen molar-refractivity contribution in [3.05, 3.63) is 42.5 Å². The second kappa shape index (κ2) is 5.67. The first-order chi connectivity index (χ1) is 9.46. The highest BCUT2D eigenvalue weighted by atomic mass is 16.5. The molecular weight excluding hydrogens is 254 g/mol. The summed E-state index contributed by atoms with van der Waals surface area (Å²) in [5.74, 6) is 0.372. The normalized spacial score (nSPS) is 23.6. The van der Waals surface area contributed by atoms with E-state index < -0.39 is 0 Å². The van der Waals surface area contributed by atoms with Crippen LogP contribution in [0.25, 0.3) is 0 Å². The molecule has 1 aliphatic carbocycles. The zero-order valence-electron chi connectivity index (χ0n) is 11.9. The van der Waals surface area contributed by atoms with Crippen molar-refractivity contribution < 1.29 is 14.6 Å². The van der Waals surface area contributed by atoms with Crippen LogP contribution in [0.3, 0.4) is 0 Å². The number of rotatable bonds is 5. The Labute approximate surface area is 119 Å². The molecule has 1 aromatic rings. The average Bonchev–Trinajstić information content (AvgIpc) is 2.45. The summed E-state index contributed by atoms with van der Waals surface area (Å²) in [6.45, 7) is 7.86. The van der Waals surface area contributed by atoms with Crippen molar-refractivity contribution in [1.82, 2.24) is 5.32 Å². The molecule has 4 nitrogen and oxygen atoms in total. The number of carbonyl (C=O) groups is 1. The Hall–Kier alpha value is -1.81. The van der Waals surface area contributed by atoms with Gasteiger partial charge in [-0.2, -0.15) is 0 Å². The third-order valence-corrected chi connectivity index (χ3v) is 4.01. The highest BCUT2D eigenvalue weighted by molar-refractivity contribution is 5.97. The fourth-order valence-electron chi connectivity index (χ4n) is 2.31. The summed E-state index contributed by atoms with van der Waals surface area (Å²) in [7, 11) is 0. The number of carbonyl (C=O) groups excluding carboxylic acids is 1. The van der Waals surface area contributed by atoms with E-state index in [9.17, 15) is 9.90 Å². The van der Waals surface area contributed by atoms with E-state index in [1.54, 1.807) is 24.3 Å². The molecule has 1 aromatic carbocycles. The number of nitrogens with one attached hydrogen (secondary N) is 1. The first kappa shape index (κ1) is 14.6. The van der Waals surface area contributed by atoms with Crippen LogP contribution in [0.2, 0.25) is 0 Å². The van der Waals surface area contributed by atoms with E-state index in [2.05, 4.69) is 11.9 Å². The van der Waals surface area contributed by atoms with Crippen LogP contribution in [-0.4, -0.2) is 29.8 Å². The van der Waals surface area contributed by atoms with Crippen molar-refractivity contribution in [2.75, 3.05) is 6.61 Å². The van der Waals surface area contributed by atoms with Crippen LogP contribution in [0.5, 0.6) is 5.75 Å². The molecule has 0 spiro atoms. The summed E-state index contributed by atoms with van der Waals surface area (Å²) in [5, 5.41) is 12.7. The molecule has 0 bridgehead atoms. The van der Waals surface area contributed by atoms with Gasteiger partial charge in [-0.05, 0) is 18.6 Å². The minimum Gasteiger partial charge on any atom is -0.489 e. The Bertz CT molecular complexity index is 510. The molecule has 1 aliphatic rings. The fraction of sp³-hybridized carbons (Fsp3) is 0.438. The standard InChI is InChI=1S/C16H21NO3/c1-4-9-20-12-8-6-5-7-11(12)15(19)17-13-10-14(18)16(13,2)3/h4-8,13-14,18H,1,9-10H2,2-3H3,(H,17,19). The molecule has 4 heteroatoms. The van der Waals surface area contributed by atoms with Crippen LogP contribution >= 0.6 is 0 Å². The molecule has 2 N–H and O–H groups in total. The van der Waals surface area contributed by atoms with E-state index in [4.69, 9.17) is 4.74 Å². The van der Waals surface area contributed by atoms with Gasteiger partial charge in [0.05, 0.1) is 11.7 Å². The van der Waals surface area contributed by atoms with E-state index in [-0.39, 0.29) is 23.5 Å². The summed E-state index contributed by atoms with van der Waals surface area (Å²) in [6, 6.07) is 7.11. The van der Waals surface area contributed by atoms with Gasteiger partial charge in [0, 0.05) is 11.5 Å². The smallest absolute Gasteiger partial charge is 0.255 e. The van der Waals surface area contributed by atoms with Crippen LogP contribution < -0.4 is 10.1 Å². The zero-order chi connectivity index (χ0) is 14.8. The number of benzene rings is 1. The monoisotopic (exact) mass is 275 g/mol. The number of hydrogen-bond donors (Lipinski definition) is 2. The average molecular weight is 275 g/mol. The number of para-hydroxylation sites is 1. The van der Waals surface area contributed by atoms with Gasteiger partial charge >= 0.3 is 0 Å². The van der Waals surface area contributed by atoms with Gasteiger partial charge in [0.25, 0.3) is 5.91 Å². The molecule has 0 saturated heterocycles. The maximum Gasteiger partial charge on any atom is 0.255 e. The highest BCUT2D eigenvalue weighted by Crippen LogP contribution is 2.40. The van der Waals surface area contributed by atoms with Crippen LogP contribution in [0.4, 0.5) is 0 Å². The van der Waals surface area contributed by atoms with Crippen molar-refractivity contribution in [3.63, 3.8) is 0 Å². The Morgan fingerprint density at radius 2 is 2.25 bits per heavy atom. The topological polar surface area (TPSA) is 58.6 Å². The second-order valence-corrected chi connectivity index (χ2v) is 5.69. The maximum absolute atomic E-state index is 12.3. The van der Waals surface area contributed by atoms with Crippen LogP contribution in [0.15, 0.2) is 36.9 Å². The van der Waals surface area contributed by atoms with Crippen LogP contribution in [0.1, 0.15) is 30.6 Å². The number of hydrogen-bond acceptors (Lipinski definition) is 3. The molecule has 1 fully saturated rings. The van der Waals surface area contributed by atoms with Crippen molar-refractivity contribution in [1.29, 1.82) is 0 Å². The minimum atomic E-state index is -0.361. The van der Waals surface area contributed by atoms with Gasteiger partial charge in [-0.25, -0.2) is 0 Å². The van der Waals surface area contributed by atoms with Crippen molar-refractivity contribution in [2.24, 2.45) is 5.41 Å². The summed E-state index contributed by atoms with van der Waals surface area (Å²) in [6.07, 6.45) is 1.87. The third-order valence-electron chi connectivity index (χ3n) is 4.01. The lowest BCUT2D eigenvalue weighted by molar-refractivity contribution is -0.0689. The van der Waals surface area contributed by atoms with Crippen molar-refractivity contribution in [2.45, 2.75) is 32.4 Å². The predicted molar refractivity (Wildman–Crippen MR) is 77.8 cm³/mol. The van der Waals surface area contributed by atoms with Crippen molar-refractivity contribution in [3.8, 4) is 5.75 Å². The van der Waals surface area contributed by atoms with E-state index >= 15 is 0 Å². The van der Waals surface area contributed by atoms with Gasteiger partial charge < -0.3 is 15.2 Å². The molecule has 0 radical (unpaired) electrons. The second-order valence-electron chi connectivity index (χ2n) is 5.69. The molecule has 0 aliphatic heterocycles. The predicted octanol–water partition coefficient (Wildman–Crippen LogP) is 2.14. The summed E-state index contributed by atoms with van der Waals surface area (Å²) in [5.41, 5.74) is 0.221. The van der Waals surface area contributed by atoms with E-state index in [0.717, 1.165) is 0 Å². The van der Waals surface area contributed by atoms with Gasteiger partial charge in [0.2, 0.25) is 0 Å². The highest BCUT2D eigenvalue weighted by Gasteiger charge is 2.48. The molecule has 20 heavy (non-hydrogen) atoms. The molecule has 0 aromatic heterocycles. The van der Waals surface area contributed by atoms with Gasteiger partial charge in [-0.3, -0.25) is 4.79 Å². The Balaban J connectivity index is 2.08. The molecule has 1 amide bonds. The molecule has 2 rings (SSSR count). The van der Waals surface area contributed by atoms with Gasteiger partial charge in [0.15, 0.2) is 0 Å². The van der Waals surface area contributed by atoms with E-state index in [1.807, 2.05) is 19.9 Å². The molecule has 0 heterocycles. The number of aliphatic hydroxyl groups excluding tert-OH is 1. The lowest BCUT2D eigenvalue weighted by atomic mass is 9.64. The Morgan fingerprint density at radius 1 is 1.55 bits per heavy atom. The van der Waals surface area contributed by atoms with Gasteiger partial charge in [-0.15, -0.1) is 0 Å². The summed E-state index contributed by atoms with van der Waals surface area (Å²) in [4.78, 5) is 12.3. The van der Waals surface area contributed by atoms with Crippen LogP contribution in [-0.2, 0) is 0 Å². The first-order valence-electron chi connectivity index (χ1n) is 6.78. The fourth-order valence-corrected chi connectivity index (χ4v) is 2.31. The SMILES string of the molecule is C=CCOc1ccccc1C(=O)NC1CC(O)C1(C)C. The molecule has 108 valence electrons. The molecular formula is C16H21NO3. The molecule has 2 atom stereocenters. The van der Waals surface area contributed by atoms with E-state index in [0.29, 0.717) is 24.3 Å². The molecule has 2 unspecified atom stereocenters. The van der Waals surface area contributed by atoms with Crippen LogP contribution in [0, 0.1) is 5.41 Å². The zero-order valence-corrected chi connectivity index (χ0v) is 11.9. The molecule has 1 saturated carbocycles. The van der Waals surface area contributed by atoms with Crippen molar-refractivity contribution >= 4 is 5.91 Å². The summed E-state index contributed by atoms with van der Waals surface area (Å²) < 4.78 is 5.49. The third kappa shape index (κ3) is 2.70. The first-order valence-corrected chi connectivity index (χ1v) is 6.78. The Morgan fingerprint density at radius 3 is 2.85 bits per heavy atom. The summed E-state index contributed by atoms with van der Waals surface area (Å²) >= 11 is 0. The quantitative estimate of drug-likeness (QED) is 0.809. The lowest BCUT2D eigenvalue weighted by Crippen LogP contribution is -2.61. The largest absolute Gasteiger partial charge is 0.489 e. The number of aliphatic hydroxyl groups is 1. The lowest BCUT2D eigenvalue weighted by Gasteiger charge is -2.49. The number of amides is 1. The Kier molecular flexibility index (Phi) is 4.14. The number of ether oxygens (including phenoxy) is 1. The van der Waals surface area contributed by atoms with Gasteiger partial charge in [-0.1, -0.05) is 38.6 Å². The maximum atomic E-state index is 12.3.